The molecule has 0 aliphatic carbocycles. The molecule has 0 unspecified atom stereocenters. The topological polar surface area (TPSA) is 40.5 Å². The maximum Gasteiger partial charge on any atom is 0.323 e. The SMILES string of the molecule is C#CCN(CC)C(C)(C)C(=O)O. The van der Waals surface area contributed by atoms with Crippen molar-refractivity contribution >= 4 is 5.97 Å². The molecule has 3 heteroatoms. The predicted molar refractivity (Wildman–Crippen MR) is 47.8 cm³/mol. The molecule has 0 aliphatic rings. The fourth-order valence-corrected chi connectivity index (χ4v) is 0.950. The zero-order valence-electron chi connectivity index (χ0n) is 7.79. The number of likely N-dealkylation sites (N-methyl/N-ethyl adjacent to an activating group) is 1. The minimum Gasteiger partial charge on any atom is -0.480 e. The van der Waals surface area contributed by atoms with Crippen LogP contribution in [-0.4, -0.2) is 34.6 Å². The van der Waals surface area contributed by atoms with Crippen LogP contribution in [0.1, 0.15) is 20.8 Å². The normalized spacial score (nSPS) is 11.2. The molecule has 0 rings (SSSR count). The fraction of sp³-hybridized carbons (Fsp3) is 0.667. The third-order valence-corrected chi connectivity index (χ3v) is 1.98. The van der Waals surface area contributed by atoms with Gasteiger partial charge >= 0.3 is 5.97 Å². The molecule has 1 N–H and O–H groups in total. The first kappa shape index (κ1) is 11.0. The van der Waals surface area contributed by atoms with E-state index in [4.69, 9.17) is 11.5 Å². The van der Waals surface area contributed by atoms with Crippen molar-refractivity contribution in [1.82, 2.24) is 4.90 Å². The molecular formula is C9H15NO2. The van der Waals surface area contributed by atoms with Crippen LogP contribution >= 0.6 is 0 Å². The number of carbonyl (C=O) groups is 1. The maximum absolute atomic E-state index is 10.8. The maximum atomic E-state index is 10.8. The van der Waals surface area contributed by atoms with Gasteiger partial charge in [0.2, 0.25) is 0 Å². The number of carboxylic acid groups (broad SMARTS) is 1. The summed E-state index contributed by atoms with van der Waals surface area (Å²) in [5, 5.41) is 8.86. The Balaban J connectivity index is 4.49. The minimum absolute atomic E-state index is 0.371. The molecule has 3 nitrogen and oxygen atoms in total. The quantitative estimate of drug-likeness (QED) is 0.633. The first-order chi connectivity index (χ1) is 5.46. The van der Waals surface area contributed by atoms with Crippen LogP contribution < -0.4 is 0 Å². The number of aliphatic carboxylic acids is 1. The Kier molecular flexibility index (Phi) is 3.78. The molecule has 0 aromatic rings. The summed E-state index contributed by atoms with van der Waals surface area (Å²) in [5.74, 6) is 1.59. The predicted octanol–water partition coefficient (Wildman–Crippen LogP) is 0.805. The molecule has 0 saturated carbocycles. The summed E-state index contributed by atoms with van der Waals surface area (Å²) in [5.41, 5.74) is -0.874. The van der Waals surface area contributed by atoms with Crippen molar-refractivity contribution in [2.24, 2.45) is 0 Å². The van der Waals surface area contributed by atoms with Gasteiger partial charge in [-0.25, -0.2) is 0 Å². The second kappa shape index (κ2) is 4.13. The lowest BCUT2D eigenvalue weighted by molar-refractivity contribution is -0.148. The standard InChI is InChI=1S/C9H15NO2/c1-5-7-10(6-2)9(3,4)8(11)12/h1H,6-7H2,2-4H3,(H,11,12). The van der Waals surface area contributed by atoms with Gasteiger partial charge in [0.25, 0.3) is 0 Å². The van der Waals surface area contributed by atoms with Crippen molar-refractivity contribution in [1.29, 1.82) is 0 Å². The number of terminal acetylenes is 1. The zero-order valence-corrected chi connectivity index (χ0v) is 7.79. The molecule has 0 spiro atoms. The molecule has 0 atom stereocenters. The van der Waals surface area contributed by atoms with Gasteiger partial charge in [0, 0.05) is 0 Å². The average Bonchev–Trinajstić information content (AvgIpc) is 1.99. The summed E-state index contributed by atoms with van der Waals surface area (Å²) < 4.78 is 0. The lowest BCUT2D eigenvalue weighted by Crippen LogP contribution is -2.50. The van der Waals surface area contributed by atoms with Crippen molar-refractivity contribution in [3.63, 3.8) is 0 Å². The lowest BCUT2D eigenvalue weighted by Gasteiger charge is -2.32. The largest absolute Gasteiger partial charge is 0.480 e. The Morgan fingerprint density at radius 1 is 1.67 bits per heavy atom. The van der Waals surface area contributed by atoms with Crippen molar-refractivity contribution in [3.05, 3.63) is 0 Å². The van der Waals surface area contributed by atoms with E-state index in [9.17, 15) is 4.79 Å². The Morgan fingerprint density at radius 3 is 2.42 bits per heavy atom. The molecule has 0 aromatic carbocycles. The zero-order chi connectivity index (χ0) is 9.78. The Bertz CT molecular complexity index is 203. The van der Waals surface area contributed by atoms with Crippen LogP contribution in [0.4, 0.5) is 0 Å². The highest BCUT2D eigenvalue weighted by Crippen LogP contribution is 2.13. The minimum atomic E-state index is -0.874. The number of carboxylic acids is 1. The molecular weight excluding hydrogens is 154 g/mol. The summed E-state index contributed by atoms with van der Waals surface area (Å²) in [7, 11) is 0. The van der Waals surface area contributed by atoms with Gasteiger partial charge < -0.3 is 5.11 Å². The van der Waals surface area contributed by atoms with Gasteiger partial charge in [0.15, 0.2) is 0 Å². The molecule has 0 fully saturated rings. The number of hydrogen-bond acceptors (Lipinski definition) is 2. The summed E-state index contributed by atoms with van der Waals surface area (Å²) >= 11 is 0. The number of hydrogen-bond donors (Lipinski definition) is 1. The Labute approximate surface area is 73.4 Å². The third-order valence-electron chi connectivity index (χ3n) is 1.98. The van der Waals surface area contributed by atoms with Crippen molar-refractivity contribution in [2.45, 2.75) is 26.3 Å². The van der Waals surface area contributed by atoms with Crippen LogP contribution in [0, 0.1) is 12.3 Å². The van der Waals surface area contributed by atoms with Gasteiger partial charge in [-0.2, -0.15) is 0 Å². The van der Waals surface area contributed by atoms with Crippen LogP contribution in [0.15, 0.2) is 0 Å². The fourth-order valence-electron chi connectivity index (χ4n) is 0.950. The highest BCUT2D eigenvalue weighted by atomic mass is 16.4. The Morgan fingerprint density at radius 2 is 2.17 bits per heavy atom. The Hall–Kier alpha value is -1.01. The molecule has 0 amide bonds. The first-order valence-corrected chi connectivity index (χ1v) is 3.88. The van der Waals surface area contributed by atoms with Gasteiger partial charge in [0.05, 0.1) is 6.54 Å². The van der Waals surface area contributed by atoms with Crippen LogP contribution in [-0.2, 0) is 4.79 Å². The summed E-state index contributed by atoms with van der Waals surface area (Å²) in [6.07, 6.45) is 5.12. The lowest BCUT2D eigenvalue weighted by atomic mass is 10.0. The van der Waals surface area contributed by atoms with E-state index in [0.717, 1.165) is 0 Å². The molecule has 68 valence electrons. The van der Waals surface area contributed by atoms with Gasteiger partial charge in [0.1, 0.15) is 5.54 Å². The third kappa shape index (κ3) is 2.24. The van der Waals surface area contributed by atoms with Crippen LogP contribution in [0.25, 0.3) is 0 Å². The van der Waals surface area contributed by atoms with E-state index in [1.54, 1.807) is 18.7 Å². The molecule has 12 heavy (non-hydrogen) atoms. The van der Waals surface area contributed by atoms with E-state index < -0.39 is 11.5 Å². The van der Waals surface area contributed by atoms with E-state index in [1.165, 1.54) is 0 Å². The van der Waals surface area contributed by atoms with Crippen LogP contribution in [0.3, 0.4) is 0 Å². The molecule has 0 aromatic heterocycles. The highest BCUT2D eigenvalue weighted by Gasteiger charge is 2.32. The van der Waals surface area contributed by atoms with E-state index >= 15 is 0 Å². The monoisotopic (exact) mass is 169 g/mol. The van der Waals surface area contributed by atoms with Crippen LogP contribution in [0.5, 0.6) is 0 Å². The second-order valence-electron chi connectivity index (χ2n) is 3.08. The van der Waals surface area contributed by atoms with Gasteiger partial charge in [-0.15, -0.1) is 6.42 Å². The summed E-state index contributed by atoms with van der Waals surface area (Å²) in [4.78, 5) is 12.5. The molecule has 0 aliphatic heterocycles. The van der Waals surface area contributed by atoms with Crippen molar-refractivity contribution in [2.75, 3.05) is 13.1 Å². The van der Waals surface area contributed by atoms with E-state index in [2.05, 4.69) is 5.92 Å². The highest BCUT2D eigenvalue weighted by molar-refractivity contribution is 5.77. The summed E-state index contributed by atoms with van der Waals surface area (Å²) in [6, 6.07) is 0. The molecule has 0 saturated heterocycles. The molecule has 0 heterocycles. The second-order valence-corrected chi connectivity index (χ2v) is 3.08. The van der Waals surface area contributed by atoms with Crippen molar-refractivity contribution in [3.8, 4) is 12.3 Å². The number of rotatable bonds is 4. The summed E-state index contributed by atoms with van der Waals surface area (Å²) in [6.45, 7) is 6.20. The molecule has 0 radical (unpaired) electrons. The van der Waals surface area contributed by atoms with Crippen molar-refractivity contribution < 1.29 is 9.90 Å². The van der Waals surface area contributed by atoms with E-state index in [0.29, 0.717) is 13.1 Å². The van der Waals surface area contributed by atoms with E-state index in [-0.39, 0.29) is 0 Å². The van der Waals surface area contributed by atoms with Gasteiger partial charge in [-0.1, -0.05) is 12.8 Å². The van der Waals surface area contributed by atoms with Gasteiger partial charge in [-0.3, -0.25) is 9.69 Å². The average molecular weight is 169 g/mol. The smallest absolute Gasteiger partial charge is 0.323 e. The van der Waals surface area contributed by atoms with E-state index in [1.807, 2.05) is 6.92 Å². The van der Waals surface area contributed by atoms with Crippen LogP contribution in [0.2, 0.25) is 0 Å². The van der Waals surface area contributed by atoms with Gasteiger partial charge in [-0.05, 0) is 20.4 Å². The first-order valence-electron chi connectivity index (χ1n) is 3.88. The molecule has 0 bridgehead atoms. The number of nitrogens with zero attached hydrogens (tertiary/aromatic N) is 1.